The van der Waals surface area contributed by atoms with Crippen molar-refractivity contribution in [2.24, 2.45) is 0 Å². The molecule has 2 heterocycles. The number of hydrogen-bond donors (Lipinski definition) is 1. The van der Waals surface area contributed by atoms with Gasteiger partial charge in [0.05, 0.1) is 4.70 Å². The van der Waals surface area contributed by atoms with Crippen molar-refractivity contribution in [2.75, 3.05) is 5.73 Å². The summed E-state index contributed by atoms with van der Waals surface area (Å²) < 4.78 is 1.36. The van der Waals surface area contributed by atoms with Crippen molar-refractivity contribution in [1.82, 2.24) is 4.98 Å². The molecule has 0 amide bonds. The quantitative estimate of drug-likeness (QED) is 0.726. The van der Waals surface area contributed by atoms with Gasteiger partial charge in [0.1, 0.15) is 4.83 Å². The second-order valence-corrected chi connectivity index (χ2v) is 5.51. The molecule has 0 atom stereocenters. The van der Waals surface area contributed by atoms with E-state index in [-0.39, 0.29) is 0 Å². The molecule has 2 aromatic heterocycles. The minimum absolute atomic E-state index is 0.717. The fourth-order valence-corrected chi connectivity index (χ4v) is 4.30. The molecule has 0 bridgehead atoms. The van der Waals surface area contributed by atoms with E-state index in [1.165, 1.54) is 30.4 Å². The van der Waals surface area contributed by atoms with E-state index in [1.54, 1.807) is 21.8 Å². The van der Waals surface area contributed by atoms with Gasteiger partial charge in [-0.05, 0) is 31.2 Å². The highest BCUT2D eigenvalue weighted by atomic mass is 32.1. The largest absolute Gasteiger partial charge is 0.375 e. The first-order valence-electron chi connectivity index (χ1n) is 4.51. The maximum Gasteiger partial charge on any atom is 0.181 e. The lowest BCUT2D eigenvalue weighted by Crippen LogP contribution is -1.97. The van der Waals surface area contributed by atoms with Crippen molar-refractivity contribution in [1.29, 1.82) is 0 Å². The monoisotopic (exact) mass is 210 g/mol. The molecule has 2 nitrogen and oxygen atoms in total. The number of rotatable bonds is 0. The molecule has 4 heteroatoms. The molecular formula is C9H10N2S2. The minimum atomic E-state index is 0.717. The van der Waals surface area contributed by atoms with Crippen molar-refractivity contribution < 1.29 is 0 Å². The molecule has 1 aliphatic carbocycles. The van der Waals surface area contributed by atoms with Gasteiger partial charge in [-0.15, -0.1) is 11.3 Å². The van der Waals surface area contributed by atoms with Crippen LogP contribution >= 0.6 is 22.7 Å². The maximum atomic E-state index is 5.68. The third kappa shape index (κ3) is 1.09. The van der Waals surface area contributed by atoms with Crippen LogP contribution in [0.4, 0.5) is 5.13 Å². The van der Waals surface area contributed by atoms with E-state index < -0.39 is 0 Å². The molecule has 0 saturated heterocycles. The molecule has 13 heavy (non-hydrogen) atoms. The topological polar surface area (TPSA) is 38.9 Å². The van der Waals surface area contributed by atoms with Gasteiger partial charge in [-0.1, -0.05) is 11.3 Å². The number of nitrogens with two attached hydrogens (primary N) is 1. The fourth-order valence-electron chi connectivity index (χ4n) is 1.93. The summed E-state index contributed by atoms with van der Waals surface area (Å²) in [6.45, 7) is 0. The summed E-state index contributed by atoms with van der Waals surface area (Å²) in [5.74, 6) is 0. The highest BCUT2D eigenvalue weighted by Gasteiger charge is 2.18. The maximum absolute atomic E-state index is 5.68. The average molecular weight is 210 g/mol. The molecule has 1 aliphatic rings. The van der Waals surface area contributed by atoms with E-state index in [4.69, 9.17) is 5.73 Å². The van der Waals surface area contributed by atoms with E-state index in [2.05, 4.69) is 4.98 Å². The highest BCUT2D eigenvalue weighted by molar-refractivity contribution is 7.29. The van der Waals surface area contributed by atoms with Gasteiger partial charge in [0, 0.05) is 4.88 Å². The molecule has 0 aliphatic heterocycles. The van der Waals surface area contributed by atoms with Crippen LogP contribution in [0.1, 0.15) is 23.3 Å². The lowest BCUT2D eigenvalue weighted by Gasteiger charge is -2.09. The lowest BCUT2D eigenvalue weighted by atomic mass is 10.00. The van der Waals surface area contributed by atoms with Gasteiger partial charge in [-0.2, -0.15) is 0 Å². The zero-order chi connectivity index (χ0) is 8.84. The summed E-state index contributed by atoms with van der Waals surface area (Å²) in [7, 11) is 0. The van der Waals surface area contributed by atoms with Gasteiger partial charge in [0.25, 0.3) is 0 Å². The molecule has 2 aromatic rings. The SMILES string of the molecule is Nc1nc2sc3c(c2s1)CCCC3. The molecule has 68 valence electrons. The van der Waals surface area contributed by atoms with Crippen LogP contribution in [0.15, 0.2) is 0 Å². The Morgan fingerprint density at radius 2 is 2.00 bits per heavy atom. The summed E-state index contributed by atoms with van der Waals surface area (Å²) in [4.78, 5) is 7.05. The van der Waals surface area contributed by atoms with E-state index in [0.29, 0.717) is 0 Å². The van der Waals surface area contributed by atoms with E-state index in [9.17, 15) is 0 Å². The Kier molecular flexibility index (Phi) is 1.60. The number of anilines is 1. The van der Waals surface area contributed by atoms with E-state index in [0.717, 1.165) is 9.96 Å². The average Bonchev–Trinajstić information content (AvgIpc) is 2.60. The number of thiophene rings is 1. The summed E-state index contributed by atoms with van der Waals surface area (Å²) in [5.41, 5.74) is 7.22. The standard InChI is InChI=1S/C9H10N2S2/c10-9-11-8-7(13-9)5-3-1-2-4-6(5)12-8/h1-4H2,(H2,10,11). The Morgan fingerprint density at radius 1 is 1.15 bits per heavy atom. The Bertz CT molecular complexity index is 455. The number of nitrogens with zero attached hydrogens (tertiary/aromatic N) is 1. The molecule has 0 unspecified atom stereocenters. The molecule has 0 saturated carbocycles. The summed E-state index contributed by atoms with van der Waals surface area (Å²) in [6, 6.07) is 0. The van der Waals surface area contributed by atoms with Gasteiger partial charge in [0.2, 0.25) is 0 Å². The zero-order valence-corrected chi connectivity index (χ0v) is 8.80. The predicted octanol–water partition coefficient (Wildman–Crippen LogP) is 2.82. The predicted molar refractivity (Wildman–Crippen MR) is 58.6 cm³/mol. The van der Waals surface area contributed by atoms with Gasteiger partial charge >= 0.3 is 0 Å². The van der Waals surface area contributed by atoms with Gasteiger partial charge in [0.15, 0.2) is 5.13 Å². The van der Waals surface area contributed by atoms with Gasteiger partial charge in [-0.25, -0.2) is 4.98 Å². The minimum Gasteiger partial charge on any atom is -0.375 e. The smallest absolute Gasteiger partial charge is 0.181 e. The van der Waals surface area contributed by atoms with E-state index in [1.807, 2.05) is 11.3 Å². The van der Waals surface area contributed by atoms with Crippen LogP contribution < -0.4 is 5.73 Å². The molecule has 0 spiro atoms. The van der Waals surface area contributed by atoms with Gasteiger partial charge in [-0.3, -0.25) is 0 Å². The third-order valence-corrected chi connectivity index (χ3v) is 4.78. The van der Waals surface area contributed by atoms with Crippen molar-refractivity contribution in [3.05, 3.63) is 10.4 Å². The second-order valence-electron chi connectivity index (χ2n) is 3.40. The van der Waals surface area contributed by atoms with Crippen LogP contribution in [0, 0.1) is 0 Å². The number of fused-ring (bicyclic) bond motifs is 3. The van der Waals surface area contributed by atoms with Crippen molar-refractivity contribution in [3.63, 3.8) is 0 Å². The first-order chi connectivity index (χ1) is 6.34. The molecule has 2 N–H and O–H groups in total. The summed E-state index contributed by atoms with van der Waals surface area (Å²) >= 11 is 3.49. The number of nitrogen functional groups attached to an aromatic ring is 1. The molecule has 0 radical (unpaired) electrons. The lowest BCUT2D eigenvalue weighted by molar-refractivity contribution is 0.701. The number of aromatic nitrogens is 1. The van der Waals surface area contributed by atoms with Crippen molar-refractivity contribution >= 4 is 37.3 Å². The van der Waals surface area contributed by atoms with Crippen LogP contribution in [0.25, 0.3) is 9.53 Å². The molecule has 0 fully saturated rings. The highest BCUT2D eigenvalue weighted by Crippen LogP contribution is 2.39. The van der Waals surface area contributed by atoms with Crippen LogP contribution in [-0.4, -0.2) is 4.98 Å². The molecule has 3 rings (SSSR count). The van der Waals surface area contributed by atoms with Crippen molar-refractivity contribution in [2.45, 2.75) is 25.7 Å². The van der Waals surface area contributed by atoms with Crippen LogP contribution in [-0.2, 0) is 12.8 Å². The number of thiazole rings is 1. The van der Waals surface area contributed by atoms with Gasteiger partial charge < -0.3 is 5.73 Å². The Balaban J connectivity index is 2.30. The zero-order valence-electron chi connectivity index (χ0n) is 7.17. The summed E-state index contributed by atoms with van der Waals surface area (Å²) in [6.07, 6.45) is 5.16. The van der Waals surface area contributed by atoms with Crippen LogP contribution in [0.5, 0.6) is 0 Å². The van der Waals surface area contributed by atoms with Crippen molar-refractivity contribution in [3.8, 4) is 0 Å². The first kappa shape index (κ1) is 7.76. The molecular weight excluding hydrogens is 200 g/mol. The van der Waals surface area contributed by atoms with Crippen LogP contribution in [0.2, 0.25) is 0 Å². The van der Waals surface area contributed by atoms with Crippen LogP contribution in [0.3, 0.4) is 0 Å². The molecule has 0 aromatic carbocycles. The Morgan fingerprint density at radius 3 is 2.92 bits per heavy atom. The Labute approximate surface area is 84.4 Å². The first-order valence-corrected chi connectivity index (χ1v) is 6.14. The second kappa shape index (κ2) is 2.69. The third-order valence-electron chi connectivity index (χ3n) is 2.52. The Hall–Kier alpha value is -0.610. The normalized spacial score (nSPS) is 16.3. The number of hydrogen-bond acceptors (Lipinski definition) is 4. The number of aryl methyl sites for hydroxylation is 2. The summed E-state index contributed by atoms with van der Waals surface area (Å²) in [5, 5.41) is 0.717. The van der Waals surface area contributed by atoms with E-state index >= 15 is 0 Å². The fraction of sp³-hybridized carbons (Fsp3) is 0.444.